The molecule has 6 nitrogen and oxygen atoms in total. The van der Waals surface area contributed by atoms with Crippen LogP contribution in [0.5, 0.6) is 5.75 Å². The lowest BCUT2D eigenvalue weighted by molar-refractivity contribution is -0.115. The van der Waals surface area contributed by atoms with Gasteiger partial charge in [-0.05, 0) is 49.4 Å². The average molecular weight is 435 g/mol. The summed E-state index contributed by atoms with van der Waals surface area (Å²) < 4.78 is 7.31. The van der Waals surface area contributed by atoms with Gasteiger partial charge in [0.15, 0.2) is 11.0 Å². The van der Waals surface area contributed by atoms with Gasteiger partial charge in [-0.1, -0.05) is 29.4 Å². The molecule has 1 fully saturated rings. The zero-order chi connectivity index (χ0) is 19.7. The van der Waals surface area contributed by atoms with Gasteiger partial charge in [-0.15, -0.1) is 21.5 Å². The predicted molar refractivity (Wildman–Crippen MR) is 114 cm³/mol. The second-order valence-electron chi connectivity index (χ2n) is 6.48. The number of nitrogens with one attached hydrogen (secondary N) is 1. The number of anilines is 1. The summed E-state index contributed by atoms with van der Waals surface area (Å²) in [6, 6.07) is 9.65. The highest BCUT2D eigenvalue weighted by Crippen LogP contribution is 2.42. The smallest absolute Gasteiger partial charge is 0.237 e. The van der Waals surface area contributed by atoms with Gasteiger partial charge in [0.1, 0.15) is 5.75 Å². The van der Waals surface area contributed by atoms with E-state index in [0.717, 1.165) is 28.7 Å². The summed E-state index contributed by atoms with van der Waals surface area (Å²) in [5, 5.41) is 14.6. The number of carbonyl (C=O) groups excluding carboxylic acids is 1. The molecule has 9 heteroatoms. The van der Waals surface area contributed by atoms with Crippen LogP contribution in [0.15, 0.2) is 40.9 Å². The highest BCUT2D eigenvalue weighted by molar-refractivity contribution is 8.00. The van der Waals surface area contributed by atoms with Crippen molar-refractivity contribution in [3.8, 4) is 16.5 Å². The third-order valence-corrected chi connectivity index (χ3v) is 6.61. The van der Waals surface area contributed by atoms with E-state index in [2.05, 4.69) is 20.1 Å². The molecule has 0 unspecified atom stereocenters. The first-order chi connectivity index (χ1) is 13.6. The third-order valence-electron chi connectivity index (χ3n) is 4.39. The molecular formula is C19H19ClN4O2S2. The predicted octanol–water partition coefficient (Wildman–Crippen LogP) is 5.12. The van der Waals surface area contributed by atoms with Crippen molar-refractivity contribution < 1.29 is 9.53 Å². The van der Waals surface area contributed by atoms with Gasteiger partial charge < -0.3 is 10.1 Å². The summed E-state index contributed by atoms with van der Waals surface area (Å²) in [7, 11) is 1.55. The molecule has 0 spiro atoms. The fourth-order valence-corrected chi connectivity index (χ4v) is 4.68. The Kier molecular flexibility index (Phi) is 5.61. The Morgan fingerprint density at radius 1 is 1.39 bits per heavy atom. The van der Waals surface area contributed by atoms with Gasteiger partial charge in [0, 0.05) is 11.7 Å². The van der Waals surface area contributed by atoms with Crippen LogP contribution in [-0.4, -0.2) is 33.0 Å². The molecule has 1 amide bonds. The van der Waals surface area contributed by atoms with E-state index in [9.17, 15) is 4.79 Å². The number of amides is 1. The second kappa shape index (κ2) is 8.14. The molecule has 1 aliphatic carbocycles. The lowest BCUT2D eigenvalue weighted by Gasteiger charge is -2.14. The van der Waals surface area contributed by atoms with Crippen molar-refractivity contribution in [2.45, 2.75) is 36.2 Å². The van der Waals surface area contributed by atoms with Gasteiger partial charge in [0.05, 0.1) is 22.3 Å². The van der Waals surface area contributed by atoms with Crippen LogP contribution in [0, 0.1) is 0 Å². The molecule has 146 valence electrons. The summed E-state index contributed by atoms with van der Waals surface area (Å²) in [4.78, 5) is 13.7. The standard InChI is InChI=1S/C19H19ClN4O2S2/c1-11(18(25)21-12-5-8-15(26-2)14(20)10-12)28-19-23-22-17(16-4-3-9-27-16)24(19)13-6-7-13/h3-5,8-11,13H,6-7H2,1-2H3,(H,21,25)/t11-/m0/s1. The number of ether oxygens (including phenoxy) is 1. The van der Waals surface area contributed by atoms with Crippen LogP contribution in [0.3, 0.4) is 0 Å². The Labute approximate surface area is 176 Å². The highest BCUT2D eigenvalue weighted by Gasteiger charge is 2.31. The van der Waals surface area contributed by atoms with Crippen molar-refractivity contribution in [1.29, 1.82) is 0 Å². The molecule has 0 aliphatic heterocycles. The van der Waals surface area contributed by atoms with Crippen molar-refractivity contribution in [2.24, 2.45) is 0 Å². The molecule has 1 aliphatic rings. The minimum atomic E-state index is -0.334. The van der Waals surface area contributed by atoms with Crippen molar-refractivity contribution in [1.82, 2.24) is 14.8 Å². The fraction of sp³-hybridized carbons (Fsp3) is 0.316. The molecule has 1 aromatic carbocycles. The summed E-state index contributed by atoms with van der Waals surface area (Å²) in [5.41, 5.74) is 0.631. The van der Waals surface area contributed by atoms with Crippen molar-refractivity contribution in [2.75, 3.05) is 12.4 Å². The maximum Gasteiger partial charge on any atom is 0.237 e. The molecule has 0 bridgehead atoms. The zero-order valence-electron chi connectivity index (χ0n) is 15.4. The van der Waals surface area contributed by atoms with Crippen LogP contribution in [0.4, 0.5) is 5.69 Å². The molecule has 28 heavy (non-hydrogen) atoms. The van der Waals surface area contributed by atoms with E-state index >= 15 is 0 Å². The van der Waals surface area contributed by atoms with E-state index in [4.69, 9.17) is 16.3 Å². The monoisotopic (exact) mass is 434 g/mol. The SMILES string of the molecule is COc1ccc(NC(=O)[C@H](C)Sc2nnc(-c3cccs3)n2C2CC2)cc1Cl. The van der Waals surface area contributed by atoms with Gasteiger partial charge in [-0.2, -0.15) is 0 Å². The van der Waals surface area contributed by atoms with Crippen molar-refractivity contribution in [3.05, 3.63) is 40.7 Å². The number of nitrogens with zero attached hydrogens (tertiary/aromatic N) is 3. The van der Waals surface area contributed by atoms with Crippen LogP contribution in [-0.2, 0) is 4.79 Å². The number of carbonyl (C=O) groups is 1. The van der Waals surface area contributed by atoms with Crippen LogP contribution in [0.2, 0.25) is 5.02 Å². The van der Waals surface area contributed by atoms with Crippen LogP contribution >= 0.6 is 34.7 Å². The number of aromatic nitrogens is 3. The molecule has 4 rings (SSSR count). The summed E-state index contributed by atoms with van der Waals surface area (Å²) in [6.07, 6.45) is 2.24. The van der Waals surface area contributed by atoms with Gasteiger partial charge in [0.25, 0.3) is 0 Å². The molecule has 1 saturated carbocycles. The first-order valence-electron chi connectivity index (χ1n) is 8.86. The molecule has 2 aromatic heterocycles. The number of methoxy groups -OCH3 is 1. The summed E-state index contributed by atoms with van der Waals surface area (Å²) in [6.45, 7) is 1.86. The zero-order valence-corrected chi connectivity index (χ0v) is 17.8. The van der Waals surface area contributed by atoms with E-state index < -0.39 is 0 Å². The topological polar surface area (TPSA) is 69.0 Å². The molecular weight excluding hydrogens is 416 g/mol. The Morgan fingerprint density at radius 2 is 2.21 bits per heavy atom. The normalized spacial score (nSPS) is 14.7. The first kappa shape index (κ1) is 19.3. The Morgan fingerprint density at radius 3 is 2.86 bits per heavy atom. The Balaban J connectivity index is 1.48. The minimum absolute atomic E-state index is 0.116. The Hall–Kier alpha value is -2.03. The lowest BCUT2D eigenvalue weighted by Crippen LogP contribution is -2.23. The van der Waals surface area contributed by atoms with Gasteiger partial charge in [0.2, 0.25) is 5.91 Å². The molecule has 2 heterocycles. The quantitative estimate of drug-likeness (QED) is 0.522. The maximum atomic E-state index is 12.7. The van der Waals surface area contributed by atoms with Gasteiger partial charge >= 0.3 is 0 Å². The number of thiophene rings is 1. The van der Waals surface area contributed by atoms with E-state index in [1.165, 1.54) is 11.8 Å². The molecule has 0 saturated heterocycles. The molecule has 1 atom stereocenters. The third kappa shape index (κ3) is 4.04. The van der Waals surface area contributed by atoms with Gasteiger partial charge in [-0.25, -0.2) is 0 Å². The van der Waals surface area contributed by atoms with Gasteiger partial charge in [-0.3, -0.25) is 9.36 Å². The van der Waals surface area contributed by atoms with Crippen LogP contribution < -0.4 is 10.1 Å². The van der Waals surface area contributed by atoms with Crippen LogP contribution in [0.1, 0.15) is 25.8 Å². The first-order valence-corrected chi connectivity index (χ1v) is 11.0. The summed E-state index contributed by atoms with van der Waals surface area (Å²) >= 11 is 9.20. The number of hydrogen-bond acceptors (Lipinski definition) is 6. The largest absolute Gasteiger partial charge is 0.495 e. The number of rotatable bonds is 7. The molecule has 1 N–H and O–H groups in total. The number of halogens is 1. The van der Waals surface area contributed by atoms with Crippen LogP contribution in [0.25, 0.3) is 10.7 Å². The minimum Gasteiger partial charge on any atom is -0.495 e. The van der Waals surface area contributed by atoms with E-state index in [1.807, 2.05) is 24.4 Å². The number of thioether (sulfide) groups is 1. The molecule has 0 radical (unpaired) electrons. The highest BCUT2D eigenvalue weighted by atomic mass is 35.5. The summed E-state index contributed by atoms with van der Waals surface area (Å²) in [5.74, 6) is 1.34. The fourth-order valence-electron chi connectivity index (χ4n) is 2.79. The molecule has 3 aromatic rings. The number of hydrogen-bond donors (Lipinski definition) is 1. The number of benzene rings is 1. The second-order valence-corrected chi connectivity index (χ2v) is 9.15. The van der Waals surface area contributed by atoms with Crippen molar-refractivity contribution >= 4 is 46.3 Å². The average Bonchev–Trinajstić information content (AvgIpc) is 3.20. The lowest BCUT2D eigenvalue weighted by atomic mass is 10.3. The van der Waals surface area contributed by atoms with E-state index in [-0.39, 0.29) is 11.2 Å². The van der Waals surface area contributed by atoms with E-state index in [0.29, 0.717) is 22.5 Å². The van der Waals surface area contributed by atoms with E-state index in [1.54, 1.807) is 36.6 Å². The Bertz CT molecular complexity index is 986. The van der Waals surface area contributed by atoms with Crippen molar-refractivity contribution in [3.63, 3.8) is 0 Å². The maximum absolute atomic E-state index is 12.7.